The second kappa shape index (κ2) is 7.46. The Morgan fingerprint density at radius 2 is 1.81 bits per heavy atom. The van der Waals surface area contributed by atoms with E-state index in [2.05, 4.69) is 15.2 Å². The van der Waals surface area contributed by atoms with E-state index >= 15 is 0 Å². The Balaban J connectivity index is 1.40. The molecular weight excluding hydrogens is 350 g/mol. The van der Waals surface area contributed by atoms with Crippen LogP contribution in [0.1, 0.15) is 30.5 Å². The van der Waals surface area contributed by atoms with Crippen molar-refractivity contribution in [3.8, 4) is 0 Å². The van der Waals surface area contributed by atoms with Crippen molar-refractivity contribution in [3.63, 3.8) is 0 Å². The van der Waals surface area contributed by atoms with Crippen molar-refractivity contribution < 1.29 is 8.42 Å². The van der Waals surface area contributed by atoms with Crippen LogP contribution < -0.4 is 0 Å². The largest absolute Gasteiger partial charge is 0.298 e. The van der Waals surface area contributed by atoms with Gasteiger partial charge in [0.05, 0.1) is 30.7 Å². The molecule has 26 heavy (non-hydrogen) atoms. The fourth-order valence-corrected chi connectivity index (χ4v) is 5.60. The number of nitrogens with zero attached hydrogens (tertiary/aromatic N) is 5. The van der Waals surface area contributed by atoms with Gasteiger partial charge in [-0.05, 0) is 31.5 Å². The zero-order valence-electron chi connectivity index (χ0n) is 14.9. The van der Waals surface area contributed by atoms with Crippen molar-refractivity contribution >= 4 is 10.0 Å². The molecule has 0 N–H and O–H groups in total. The molecule has 1 aromatic heterocycles. The van der Waals surface area contributed by atoms with Gasteiger partial charge in [-0.15, -0.1) is 5.10 Å². The SMILES string of the molecule is O=S1(=O)CC(N2CCCCC2)CN1Cc1cn(Cc2ccccc2)nn1. The highest BCUT2D eigenvalue weighted by Gasteiger charge is 2.39. The van der Waals surface area contributed by atoms with Gasteiger partial charge < -0.3 is 0 Å². The summed E-state index contributed by atoms with van der Waals surface area (Å²) in [5, 5.41) is 8.32. The van der Waals surface area contributed by atoms with Crippen LogP contribution in [0.5, 0.6) is 0 Å². The van der Waals surface area contributed by atoms with Gasteiger partial charge in [-0.3, -0.25) is 4.90 Å². The highest BCUT2D eigenvalue weighted by atomic mass is 32.2. The van der Waals surface area contributed by atoms with E-state index in [-0.39, 0.29) is 11.8 Å². The second-order valence-electron chi connectivity index (χ2n) is 7.21. The molecule has 0 radical (unpaired) electrons. The van der Waals surface area contributed by atoms with Crippen LogP contribution in [0.2, 0.25) is 0 Å². The molecular formula is C18H25N5O2S. The van der Waals surface area contributed by atoms with Crippen LogP contribution in [0.15, 0.2) is 36.5 Å². The minimum atomic E-state index is -3.22. The van der Waals surface area contributed by atoms with E-state index in [4.69, 9.17) is 0 Å². The summed E-state index contributed by atoms with van der Waals surface area (Å²) in [5.74, 6) is 0.227. The lowest BCUT2D eigenvalue weighted by Crippen LogP contribution is -2.42. The summed E-state index contributed by atoms with van der Waals surface area (Å²) in [4.78, 5) is 2.34. The minimum absolute atomic E-state index is 0.111. The predicted octanol–water partition coefficient (Wildman–Crippen LogP) is 1.33. The smallest absolute Gasteiger partial charge is 0.216 e. The monoisotopic (exact) mass is 375 g/mol. The maximum absolute atomic E-state index is 12.6. The average molecular weight is 375 g/mol. The molecule has 2 aliphatic rings. The Labute approximate surface area is 154 Å². The lowest BCUT2D eigenvalue weighted by Gasteiger charge is -2.31. The fraction of sp³-hybridized carbons (Fsp3) is 0.556. The first-order chi connectivity index (χ1) is 12.6. The lowest BCUT2D eigenvalue weighted by atomic mass is 10.1. The average Bonchev–Trinajstić information content (AvgIpc) is 3.21. The highest BCUT2D eigenvalue weighted by molar-refractivity contribution is 7.89. The summed E-state index contributed by atoms with van der Waals surface area (Å²) in [6, 6.07) is 10.1. The summed E-state index contributed by atoms with van der Waals surface area (Å²) in [5.41, 5.74) is 1.84. The molecule has 0 amide bonds. The number of hydrogen-bond donors (Lipinski definition) is 0. The van der Waals surface area contributed by atoms with Gasteiger partial charge in [0.15, 0.2) is 0 Å². The molecule has 1 unspecified atom stereocenters. The quantitative estimate of drug-likeness (QED) is 0.788. The third kappa shape index (κ3) is 3.97. The molecule has 1 atom stereocenters. The fourth-order valence-electron chi connectivity index (χ4n) is 3.86. The first-order valence-electron chi connectivity index (χ1n) is 9.25. The maximum Gasteiger partial charge on any atom is 0.216 e. The molecule has 7 nitrogen and oxygen atoms in total. The molecule has 0 bridgehead atoms. The Morgan fingerprint density at radius 3 is 2.58 bits per heavy atom. The van der Waals surface area contributed by atoms with Gasteiger partial charge in [-0.1, -0.05) is 42.0 Å². The van der Waals surface area contributed by atoms with Crippen LogP contribution in [0, 0.1) is 0 Å². The third-order valence-corrected chi connectivity index (χ3v) is 7.10. The molecule has 0 spiro atoms. The number of aromatic nitrogens is 3. The number of rotatable bonds is 5. The second-order valence-corrected chi connectivity index (χ2v) is 9.23. The molecule has 2 saturated heterocycles. The molecule has 0 aliphatic carbocycles. The van der Waals surface area contributed by atoms with Gasteiger partial charge in [0.25, 0.3) is 0 Å². The van der Waals surface area contributed by atoms with E-state index in [1.807, 2.05) is 36.5 Å². The Kier molecular flexibility index (Phi) is 5.06. The van der Waals surface area contributed by atoms with Gasteiger partial charge in [0.2, 0.25) is 10.0 Å². The van der Waals surface area contributed by atoms with Crippen LogP contribution >= 0.6 is 0 Å². The summed E-state index contributed by atoms with van der Waals surface area (Å²) in [7, 11) is -3.22. The molecule has 140 valence electrons. The Hall–Kier alpha value is -1.77. The summed E-state index contributed by atoms with van der Waals surface area (Å²) in [6.45, 7) is 3.54. The topological polar surface area (TPSA) is 71.3 Å². The van der Waals surface area contributed by atoms with Crippen molar-refractivity contribution in [2.75, 3.05) is 25.4 Å². The van der Waals surface area contributed by atoms with E-state index in [1.165, 1.54) is 19.3 Å². The standard InChI is InChI=1S/C18H25N5O2S/c24-26(25)15-18(21-9-5-2-6-10-21)14-23(26)13-17-12-22(20-19-17)11-16-7-3-1-4-8-16/h1,3-4,7-8,12,18H,2,5-6,9-11,13-15H2. The lowest BCUT2D eigenvalue weighted by molar-refractivity contribution is 0.167. The van der Waals surface area contributed by atoms with Crippen molar-refractivity contribution in [1.29, 1.82) is 0 Å². The zero-order chi connectivity index (χ0) is 18.0. The van der Waals surface area contributed by atoms with Crippen LogP contribution in [-0.4, -0.2) is 64.0 Å². The number of sulfonamides is 1. The molecule has 1 aromatic carbocycles. The molecule has 2 aromatic rings. The normalized spacial score (nSPS) is 24.1. The predicted molar refractivity (Wildman–Crippen MR) is 99.0 cm³/mol. The first kappa shape index (κ1) is 17.6. The van der Waals surface area contributed by atoms with Crippen molar-refractivity contribution in [1.82, 2.24) is 24.2 Å². The molecule has 0 saturated carbocycles. The van der Waals surface area contributed by atoms with Crippen LogP contribution in [0.25, 0.3) is 0 Å². The molecule has 8 heteroatoms. The van der Waals surface area contributed by atoms with E-state index < -0.39 is 10.0 Å². The number of hydrogen-bond acceptors (Lipinski definition) is 5. The van der Waals surface area contributed by atoms with Crippen LogP contribution in [0.4, 0.5) is 0 Å². The van der Waals surface area contributed by atoms with E-state index in [9.17, 15) is 8.42 Å². The van der Waals surface area contributed by atoms with Crippen molar-refractivity contribution in [3.05, 3.63) is 47.8 Å². The van der Waals surface area contributed by atoms with E-state index in [1.54, 1.807) is 8.99 Å². The third-order valence-electron chi connectivity index (χ3n) is 5.23. The molecule has 3 heterocycles. The van der Waals surface area contributed by atoms with Gasteiger partial charge >= 0.3 is 0 Å². The number of piperidine rings is 1. The van der Waals surface area contributed by atoms with E-state index in [0.29, 0.717) is 25.3 Å². The number of benzene rings is 1. The van der Waals surface area contributed by atoms with Crippen LogP contribution in [-0.2, 0) is 23.1 Å². The maximum atomic E-state index is 12.6. The highest BCUT2D eigenvalue weighted by Crippen LogP contribution is 2.23. The van der Waals surface area contributed by atoms with Gasteiger partial charge in [0, 0.05) is 12.6 Å². The van der Waals surface area contributed by atoms with Gasteiger partial charge in [0.1, 0.15) is 0 Å². The first-order valence-corrected chi connectivity index (χ1v) is 10.9. The van der Waals surface area contributed by atoms with Crippen molar-refractivity contribution in [2.24, 2.45) is 0 Å². The van der Waals surface area contributed by atoms with E-state index in [0.717, 1.165) is 18.7 Å². The Morgan fingerprint density at radius 1 is 1.04 bits per heavy atom. The summed E-state index contributed by atoms with van der Waals surface area (Å²) >= 11 is 0. The molecule has 2 fully saturated rings. The zero-order valence-corrected chi connectivity index (χ0v) is 15.7. The summed E-state index contributed by atoms with van der Waals surface area (Å²) < 4.78 is 28.5. The number of likely N-dealkylation sites (tertiary alicyclic amines) is 1. The van der Waals surface area contributed by atoms with Crippen LogP contribution in [0.3, 0.4) is 0 Å². The van der Waals surface area contributed by atoms with Gasteiger partial charge in [-0.2, -0.15) is 4.31 Å². The minimum Gasteiger partial charge on any atom is -0.298 e. The molecule has 2 aliphatic heterocycles. The Bertz CT molecular complexity index is 830. The summed E-state index contributed by atoms with van der Waals surface area (Å²) in [6.07, 6.45) is 5.44. The van der Waals surface area contributed by atoms with Crippen molar-refractivity contribution in [2.45, 2.75) is 38.4 Å². The molecule has 4 rings (SSSR count). The van der Waals surface area contributed by atoms with Gasteiger partial charge in [-0.25, -0.2) is 13.1 Å².